The highest BCUT2D eigenvalue weighted by atomic mass is 16.6. The first kappa shape index (κ1) is 28.1. The number of aromatic nitrogens is 1. The van der Waals surface area contributed by atoms with Crippen molar-refractivity contribution in [2.45, 2.75) is 73.3 Å². The molecular formula is C26H39N3O4. The molecule has 1 heterocycles. The van der Waals surface area contributed by atoms with Gasteiger partial charge in [-0.3, -0.25) is 15.0 Å². The van der Waals surface area contributed by atoms with Gasteiger partial charge >= 0.3 is 12.1 Å². The summed E-state index contributed by atoms with van der Waals surface area (Å²) in [4.78, 5) is 30.9. The van der Waals surface area contributed by atoms with Gasteiger partial charge in [-0.15, -0.1) is 0 Å². The molecule has 1 amide bonds. The first-order valence-electron chi connectivity index (χ1n) is 11.4. The van der Waals surface area contributed by atoms with E-state index in [4.69, 9.17) is 9.47 Å². The maximum atomic E-state index is 12.8. The Bertz CT molecular complexity index is 863. The first-order valence-corrected chi connectivity index (χ1v) is 11.4. The second kappa shape index (κ2) is 13.6. The number of ether oxygens (including phenoxy) is 2. The highest BCUT2D eigenvalue weighted by Crippen LogP contribution is 2.17. The minimum atomic E-state index is -0.591. The van der Waals surface area contributed by atoms with Gasteiger partial charge in [0.2, 0.25) is 0 Å². The number of benzene rings is 1. The summed E-state index contributed by atoms with van der Waals surface area (Å²) in [5, 5.41) is 2.64. The number of amides is 1. The Balaban J connectivity index is 0.00000265. The second-order valence-electron chi connectivity index (χ2n) is 8.87. The molecule has 0 saturated carbocycles. The van der Waals surface area contributed by atoms with Gasteiger partial charge in [0.1, 0.15) is 24.1 Å². The van der Waals surface area contributed by atoms with Crippen LogP contribution in [0.4, 0.5) is 10.6 Å². The van der Waals surface area contributed by atoms with Crippen molar-refractivity contribution in [2.24, 2.45) is 5.92 Å². The SMILES string of the molecule is CC.CC(C)C(C(=O)OCc1ccccc1)N(C)Cc1ccnc(NC(=O)OC(C)(C)C)c1. The van der Waals surface area contributed by atoms with Crippen LogP contribution >= 0.6 is 0 Å². The lowest BCUT2D eigenvalue weighted by Crippen LogP contribution is -2.43. The Morgan fingerprint density at radius 1 is 1.06 bits per heavy atom. The molecule has 7 nitrogen and oxygen atoms in total. The van der Waals surface area contributed by atoms with Crippen molar-refractivity contribution in [3.8, 4) is 0 Å². The largest absolute Gasteiger partial charge is 0.460 e. The van der Waals surface area contributed by atoms with Gasteiger partial charge in [0.05, 0.1) is 0 Å². The third-order valence-electron chi connectivity index (χ3n) is 4.46. The van der Waals surface area contributed by atoms with Gasteiger partial charge in [-0.25, -0.2) is 9.78 Å². The fraction of sp³-hybridized carbons (Fsp3) is 0.500. The predicted octanol–water partition coefficient (Wildman–Crippen LogP) is 5.65. The molecule has 7 heteroatoms. The monoisotopic (exact) mass is 457 g/mol. The minimum Gasteiger partial charge on any atom is -0.460 e. The van der Waals surface area contributed by atoms with E-state index >= 15 is 0 Å². The Labute approximate surface area is 198 Å². The molecule has 0 fully saturated rings. The van der Waals surface area contributed by atoms with Gasteiger partial charge in [-0.2, -0.15) is 0 Å². The standard InChI is InChI=1S/C24H33N3O4.C2H6/c1-17(2)21(22(28)30-16-18-10-8-7-9-11-18)27(6)15-19-12-13-25-20(14-19)26-23(29)31-24(3,4)5;1-2/h7-14,17,21H,15-16H2,1-6H3,(H,25,26,29);1-2H3. The number of pyridine rings is 1. The zero-order chi connectivity index (χ0) is 25.0. The predicted molar refractivity (Wildman–Crippen MR) is 132 cm³/mol. The highest BCUT2D eigenvalue weighted by Gasteiger charge is 2.28. The molecule has 0 saturated heterocycles. The molecule has 0 aliphatic heterocycles. The number of carbonyl (C=O) groups is 2. The molecule has 1 aromatic heterocycles. The molecule has 1 unspecified atom stereocenters. The molecule has 182 valence electrons. The van der Waals surface area contributed by atoms with E-state index in [1.54, 1.807) is 33.0 Å². The number of hydrogen-bond acceptors (Lipinski definition) is 6. The Morgan fingerprint density at radius 3 is 2.27 bits per heavy atom. The number of nitrogens with zero attached hydrogens (tertiary/aromatic N) is 2. The van der Waals surface area contributed by atoms with E-state index in [1.807, 2.05) is 76.0 Å². The molecule has 1 atom stereocenters. The van der Waals surface area contributed by atoms with E-state index in [-0.39, 0.29) is 18.5 Å². The van der Waals surface area contributed by atoms with Crippen LogP contribution in [0.2, 0.25) is 0 Å². The maximum absolute atomic E-state index is 12.8. The summed E-state index contributed by atoms with van der Waals surface area (Å²) >= 11 is 0. The number of nitrogens with one attached hydrogen (secondary N) is 1. The Kier molecular flexibility index (Phi) is 11.6. The van der Waals surface area contributed by atoms with Crippen LogP contribution in [-0.2, 0) is 27.4 Å². The van der Waals surface area contributed by atoms with Crippen LogP contribution in [0.5, 0.6) is 0 Å². The fourth-order valence-corrected chi connectivity index (χ4v) is 3.21. The van der Waals surface area contributed by atoms with E-state index in [0.29, 0.717) is 12.4 Å². The minimum absolute atomic E-state index is 0.0643. The van der Waals surface area contributed by atoms with Crippen molar-refractivity contribution < 1.29 is 19.1 Å². The zero-order valence-electron chi connectivity index (χ0n) is 21.2. The fourth-order valence-electron chi connectivity index (χ4n) is 3.21. The smallest absolute Gasteiger partial charge is 0.413 e. The van der Waals surface area contributed by atoms with Gasteiger partial charge in [-0.1, -0.05) is 58.0 Å². The third kappa shape index (κ3) is 10.5. The van der Waals surface area contributed by atoms with Crippen LogP contribution in [0.15, 0.2) is 48.7 Å². The average Bonchev–Trinajstić information content (AvgIpc) is 2.73. The first-order chi connectivity index (χ1) is 15.5. The van der Waals surface area contributed by atoms with E-state index in [0.717, 1.165) is 11.1 Å². The van der Waals surface area contributed by atoms with Crippen molar-refractivity contribution in [1.29, 1.82) is 0 Å². The molecule has 0 aliphatic carbocycles. The highest BCUT2D eigenvalue weighted by molar-refractivity contribution is 5.83. The van der Waals surface area contributed by atoms with Crippen molar-refractivity contribution in [3.63, 3.8) is 0 Å². The quantitative estimate of drug-likeness (QED) is 0.516. The molecule has 33 heavy (non-hydrogen) atoms. The summed E-state index contributed by atoms with van der Waals surface area (Å²) in [5.41, 5.74) is 1.27. The molecule has 0 spiro atoms. The van der Waals surface area contributed by atoms with Crippen molar-refractivity contribution in [3.05, 3.63) is 59.8 Å². The average molecular weight is 458 g/mol. The molecule has 1 N–H and O–H groups in total. The topological polar surface area (TPSA) is 80.8 Å². The van der Waals surface area contributed by atoms with Crippen LogP contribution < -0.4 is 5.32 Å². The summed E-state index contributed by atoms with van der Waals surface area (Å²) in [6, 6.07) is 12.8. The molecule has 0 aliphatic rings. The lowest BCUT2D eigenvalue weighted by Gasteiger charge is -2.29. The van der Waals surface area contributed by atoms with Gasteiger partial charge < -0.3 is 9.47 Å². The van der Waals surface area contributed by atoms with Crippen LogP contribution in [0.3, 0.4) is 0 Å². The number of anilines is 1. The van der Waals surface area contributed by atoms with E-state index in [1.165, 1.54) is 0 Å². The third-order valence-corrected chi connectivity index (χ3v) is 4.46. The van der Waals surface area contributed by atoms with Crippen molar-refractivity contribution in [2.75, 3.05) is 12.4 Å². The molecule has 2 rings (SSSR count). The van der Waals surface area contributed by atoms with Gasteiger partial charge in [0.25, 0.3) is 0 Å². The number of hydrogen-bond donors (Lipinski definition) is 1. The molecule has 2 aromatic rings. The number of carbonyl (C=O) groups excluding carboxylic acids is 2. The molecule has 0 bridgehead atoms. The van der Waals surface area contributed by atoms with Crippen LogP contribution in [-0.4, -0.2) is 40.6 Å². The number of rotatable bonds is 8. The van der Waals surface area contributed by atoms with Crippen LogP contribution in [0.25, 0.3) is 0 Å². The Hall–Kier alpha value is -2.93. The van der Waals surface area contributed by atoms with Gasteiger partial charge in [-0.05, 0) is 57.0 Å². The van der Waals surface area contributed by atoms with Gasteiger partial charge in [0.15, 0.2) is 0 Å². The number of likely N-dealkylation sites (N-methyl/N-ethyl adjacent to an activating group) is 1. The molecular weight excluding hydrogens is 418 g/mol. The summed E-state index contributed by atoms with van der Waals surface area (Å²) in [6.45, 7) is 14.1. The number of esters is 1. The maximum Gasteiger partial charge on any atom is 0.413 e. The van der Waals surface area contributed by atoms with Crippen LogP contribution in [0.1, 0.15) is 59.6 Å². The Morgan fingerprint density at radius 2 is 1.70 bits per heavy atom. The molecule has 0 radical (unpaired) electrons. The normalized spacial score (nSPS) is 11.9. The summed E-state index contributed by atoms with van der Waals surface area (Å²) in [5.74, 6) is 0.199. The van der Waals surface area contributed by atoms with Crippen molar-refractivity contribution >= 4 is 17.9 Å². The lowest BCUT2D eigenvalue weighted by molar-refractivity contribution is -0.153. The summed E-state index contributed by atoms with van der Waals surface area (Å²) in [7, 11) is 1.88. The lowest BCUT2D eigenvalue weighted by atomic mass is 10.0. The van der Waals surface area contributed by atoms with E-state index in [9.17, 15) is 9.59 Å². The van der Waals surface area contributed by atoms with Crippen molar-refractivity contribution in [1.82, 2.24) is 9.88 Å². The second-order valence-corrected chi connectivity index (χ2v) is 8.87. The summed E-state index contributed by atoms with van der Waals surface area (Å²) in [6.07, 6.45) is 1.06. The van der Waals surface area contributed by atoms with Gasteiger partial charge in [0, 0.05) is 12.7 Å². The van der Waals surface area contributed by atoms with E-state index < -0.39 is 17.7 Å². The summed E-state index contributed by atoms with van der Waals surface area (Å²) < 4.78 is 10.8. The molecule has 1 aromatic carbocycles. The zero-order valence-corrected chi connectivity index (χ0v) is 21.2. The van der Waals surface area contributed by atoms with E-state index in [2.05, 4.69) is 10.3 Å². The van der Waals surface area contributed by atoms with Crippen LogP contribution in [0, 0.1) is 5.92 Å².